The summed E-state index contributed by atoms with van der Waals surface area (Å²) >= 11 is 13.4. The molecule has 0 saturated carbocycles. The number of rotatable bonds is 7. The van der Waals surface area contributed by atoms with Crippen LogP contribution in [0.1, 0.15) is 20.9 Å². The van der Waals surface area contributed by atoms with Crippen LogP contribution in [0, 0.1) is 0 Å². The van der Waals surface area contributed by atoms with Crippen LogP contribution in [0.4, 0.5) is 0 Å². The maximum atomic E-state index is 12.6. The quantitative estimate of drug-likeness (QED) is 0.195. The summed E-state index contributed by atoms with van der Waals surface area (Å²) < 4.78 is 9.66. The van der Waals surface area contributed by atoms with E-state index in [0.717, 1.165) is 11.3 Å². The van der Waals surface area contributed by atoms with Gasteiger partial charge in [0.25, 0.3) is 0 Å². The summed E-state index contributed by atoms with van der Waals surface area (Å²) in [6, 6.07) is 12.2. The molecule has 0 radical (unpaired) electrons. The van der Waals surface area contributed by atoms with Crippen LogP contribution in [-0.2, 0) is 20.7 Å². The second-order valence-electron chi connectivity index (χ2n) is 6.18. The van der Waals surface area contributed by atoms with Crippen molar-refractivity contribution in [2.45, 2.75) is 6.42 Å². The number of carbonyl (C=O) groups excluding carboxylic acids is 2. The van der Waals surface area contributed by atoms with Crippen molar-refractivity contribution in [1.82, 2.24) is 4.98 Å². The zero-order chi connectivity index (χ0) is 21.7. The van der Waals surface area contributed by atoms with Gasteiger partial charge in [-0.25, -0.2) is 9.78 Å². The van der Waals surface area contributed by atoms with E-state index in [-0.39, 0.29) is 18.0 Å². The minimum Gasteiger partial charge on any atom is -0.490 e. The highest BCUT2D eigenvalue weighted by Crippen LogP contribution is 2.29. The second kappa shape index (κ2) is 9.89. The predicted molar refractivity (Wildman–Crippen MR) is 119 cm³/mol. The van der Waals surface area contributed by atoms with Gasteiger partial charge < -0.3 is 9.47 Å². The number of hydrogen-bond acceptors (Lipinski definition) is 6. The third-order valence-corrected chi connectivity index (χ3v) is 5.80. The fourth-order valence-electron chi connectivity index (χ4n) is 2.64. The van der Waals surface area contributed by atoms with E-state index in [0.29, 0.717) is 26.2 Å². The molecular weight excluding hydrogens is 445 g/mol. The number of aromatic nitrogens is 1. The molecule has 2 aromatic carbocycles. The monoisotopic (exact) mass is 461 g/mol. The first-order valence-electron chi connectivity index (χ1n) is 8.78. The molecule has 0 aliphatic carbocycles. The van der Waals surface area contributed by atoms with E-state index in [1.807, 2.05) is 11.4 Å². The van der Waals surface area contributed by atoms with Gasteiger partial charge in [0.05, 0.1) is 36.4 Å². The van der Waals surface area contributed by atoms with Crippen molar-refractivity contribution in [2.75, 3.05) is 14.2 Å². The highest BCUT2D eigenvalue weighted by atomic mass is 35.5. The molecule has 5 nitrogen and oxygen atoms in total. The molecule has 3 rings (SSSR count). The normalized spacial score (nSPS) is 11.3. The van der Waals surface area contributed by atoms with Crippen LogP contribution in [0.15, 0.2) is 53.6 Å². The molecule has 0 atom stereocenters. The van der Waals surface area contributed by atoms with E-state index in [9.17, 15) is 9.59 Å². The Morgan fingerprint density at radius 3 is 2.40 bits per heavy atom. The lowest BCUT2D eigenvalue weighted by Crippen LogP contribution is -2.06. The Balaban J connectivity index is 1.71. The summed E-state index contributed by atoms with van der Waals surface area (Å²) in [7, 11) is 2.67. The molecule has 0 aliphatic rings. The number of ketones is 1. The molecule has 0 fully saturated rings. The van der Waals surface area contributed by atoms with E-state index in [2.05, 4.69) is 9.72 Å². The Morgan fingerprint density at radius 2 is 1.77 bits per heavy atom. The summed E-state index contributed by atoms with van der Waals surface area (Å²) in [6.45, 7) is 0. The van der Waals surface area contributed by atoms with Crippen molar-refractivity contribution in [3.05, 3.63) is 79.8 Å². The minimum atomic E-state index is -0.570. The third-order valence-electron chi connectivity index (χ3n) is 4.22. The average molecular weight is 462 g/mol. The van der Waals surface area contributed by atoms with Crippen LogP contribution >= 0.6 is 34.5 Å². The van der Waals surface area contributed by atoms with E-state index in [1.165, 1.54) is 25.6 Å². The Bertz CT molecular complexity index is 1110. The molecular formula is C22H17Cl2NO4S. The number of halogens is 2. The van der Waals surface area contributed by atoms with Crippen molar-refractivity contribution in [2.24, 2.45) is 0 Å². The number of nitrogens with zero attached hydrogens (tertiary/aromatic N) is 1. The van der Waals surface area contributed by atoms with E-state index in [1.54, 1.807) is 42.5 Å². The molecule has 0 bridgehead atoms. The standard InChI is InChI=1S/C22H17Cl2NO4S/c1-28-20(22(27)29-2)9-13-3-5-14(6-4-13)19(26)11-21-25-18(12-30-21)15-7-8-16(23)17(24)10-15/h3-10,12H,11H2,1-2H3/b20-9-. The first-order valence-corrected chi connectivity index (χ1v) is 10.4. The molecule has 1 heterocycles. The fourth-order valence-corrected chi connectivity index (χ4v) is 3.74. The van der Waals surface area contributed by atoms with Crippen LogP contribution in [-0.4, -0.2) is 31.0 Å². The highest BCUT2D eigenvalue weighted by molar-refractivity contribution is 7.10. The molecule has 0 spiro atoms. The smallest absolute Gasteiger partial charge is 0.373 e. The van der Waals surface area contributed by atoms with Crippen molar-refractivity contribution < 1.29 is 19.1 Å². The minimum absolute atomic E-state index is 0.0551. The molecule has 154 valence electrons. The highest BCUT2D eigenvalue weighted by Gasteiger charge is 2.13. The summed E-state index contributed by atoms with van der Waals surface area (Å²) in [5, 5.41) is 3.53. The van der Waals surface area contributed by atoms with E-state index in [4.69, 9.17) is 27.9 Å². The van der Waals surface area contributed by atoms with Crippen LogP contribution in [0.25, 0.3) is 17.3 Å². The summed E-state index contributed by atoms with van der Waals surface area (Å²) in [4.78, 5) is 28.7. The van der Waals surface area contributed by atoms with Crippen LogP contribution < -0.4 is 0 Å². The zero-order valence-corrected chi connectivity index (χ0v) is 18.5. The molecule has 0 aliphatic heterocycles. The second-order valence-corrected chi connectivity index (χ2v) is 7.94. The number of esters is 1. The molecule has 0 saturated heterocycles. The van der Waals surface area contributed by atoms with Gasteiger partial charge in [-0.05, 0) is 23.8 Å². The van der Waals surface area contributed by atoms with Gasteiger partial charge in [-0.1, -0.05) is 53.5 Å². The van der Waals surface area contributed by atoms with Gasteiger partial charge in [0.2, 0.25) is 5.76 Å². The maximum absolute atomic E-state index is 12.6. The van der Waals surface area contributed by atoms with Crippen LogP contribution in [0.5, 0.6) is 0 Å². The number of benzene rings is 2. The Labute approximate surface area is 187 Å². The average Bonchev–Trinajstić information content (AvgIpc) is 3.22. The number of hydrogen-bond donors (Lipinski definition) is 0. The third kappa shape index (κ3) is 5.27. The summed E-state index contributed by atoms with van der Waals surface area (Å²) in [5.74, 6) is -0.547. The van der Waals surface area contributed by atoms with Gasteiger partial charge in [-0.2, -0.15) is 0 Å². The zero-order valence-electron chi connectivity index (χ0n) is 16.1. The lowest BCUT2D eigenvalue weighted by molar-refractivity contribution is -0.139. The SMILES string of the molecule is COC(=O)/C(=C/c1ccc(C(=O)Cc2nc(-c3ccc(Cl)c(Cl)c3)cs2)cc1)OC. The molecule has 30 heavy (non-hydrogen) atoms. The van der Waals surface area contributed by atoms with Gasteiger partial charge in [-0.15, -0.1) is 11.3 Å². The number of methoxy groups -OCH3 is 2. The van der Waals surface area contributed by atoms with Gasteiger partial charge in [0, 0.05) is 16.5 Å². The number of Topliss-reactive ketones (excluding diaryl/α,β-unsaturated/α-hetero) is 1. The molecule has 0 amide bonds. The Morgan fingerprint density at radius 1 is 1.03 bits per heavy atom. The largest absolute Gasteiger partial charge is 0.490 e. The van der Waals surface area contributed by atoms with Crippen LogP contribution in [0.2, 0.25) is 10.0 Å². The molecule has 0 unspecified atom stereocenters. The van der Waals surface area contributed by atoms with Gasteiger partial charge >= 0.3 is 5.97 Å². The molecule has 1 aromatic heterocycles. The van der Waals surface area contributed by atoms with Crippen molar-refractivity contribution in [3.8, 4) is 11.3 Å². The molecule has 8 heteroatoms. The first kappa shape index (κ1) is 22.0. The Hall–Kier alpha value is -2.67. The lowest BCUT2D eigenvalue weighted by atomic mass is 10.1. The summed E-state index contributed by atoms with van der Waals surface area (Å²) in [5.41, 5.74) is 2.85. The number of ether oxygens (including phenoxy) is 2. The van der Waals surface area contributed by atoms with E-state index >= 15 is 0 Å². The predicted octanol–water partition coefficient (Wildman–Crippen LogP) is 5.70. The lowest BCUT2D eigenvalue weighted by Gasteiger charge is -2.04. The van der Waals surface area contributed by atoms with Crippen molar-refractivity contribution in [1.29, 1.82) is 0 Å². The fraction of sp³-hybridized carbons (Fsp3) is 0.136. The topological polar surface area (TPSA) is 65.5 Å². The maximum Gasteiger partial charge on any atom is 0.373 e. The van der Waals surface area contributed by atoms with Gasteiger partial charge in [-0.3, -0.25) is 4.79 Å². The number of thiazole rings is 1. The first-order chi connectivity index (χ1) is 14.4. The molecule has 0 N–H and O–H groups in total. The Kier molecular flexibility index (Phi) is 7.26. The van der Waals surface area contributed by atoms with Gasteiger partial charge in [0.1, 0.15) is 5.01 Å². The van der Waals surface area contributed by atoms with Crippen LogP contribution in [0.3, 0.4) is 0 Å². The molecule has 3 aromatic rings. The van der Waals surface area contributed by atoms with E-state index < -0.39 is 5.97 Å². The van der Waals surface area contributed by atoms with Gasteiger partial charge in [0.15, 0.2) is 5.78 Å². The van der Waals surface area contributed by atoms with Crippen molar-refractivity contribution in [3.63, 3.8) is 0 Å². The number of carbonyl (C=O) groups is 2. The van der Waals surface area contributed by atoms with Crippen molar-refractivity contribution >= 4 is 52.4 Å². The summed E-state index contributed by atoms with van der Waals surface area (Å²) in [6.07, 6.45) is 1.73.